The molecule has 2 bridgehead atoms. The van der Waals surface area contributed by atoms with Crippen molar-refractivity contribution >= 4 is 5.91 Å². The molecule has 0 aliphatic carbocycles. The number of pyridine rings is 1. The van der Waals surface area contributed by atoms with E-state index < -0.39 is 0 Å². The first-order valence-electron chi connectivity index (χ1n) is 9.60. The van der Waals surface area contributed by atoms with Gasteiger partial charge in [0.1, 0.15) is 0 Å². The van der Waals surface area contributed by atoms with Gasteiger partial charge >= 0.3 is 0 Å². The first kappa shape index (κ1) is 17.2. The maximum Gasteiger partial charge on any atom is 0.254 e. The molecule has 4 heterocycles. The standard InChI is InChI=1S/C22H27N3O/c1-16-6-7-17(2)21(11-16)22(26)25-13-18-8-9-20(15-25)24(12-18)14-19-5-3-4-10-23-19/h3-7,10-11,18,20H,8-9,12-15H2,1-2H3/t18-,20-/m1/s1. The number of carbonyl (C=O) groups excluding carboxylic acids is 1. The predicted molar refractivity (Wildman–Crippen MR) is 103 cm³/mol. The van der Waals surface area contributed by atoms with Gasteiger partial charge in [-0.15, -0.1) is 0 Å². The molecule has 1 amide bonds. The lowest BCUT2D eigenvalue weighted by atomic mass is 9.95. The molecule has 5 rings (SSSR count). The number of aromatic nitrogens is 1. The Balaban J connectivity index is 1.52. The van der Waals surface area contributed by atoms with Crippen molar-refractivity contribution in [2.24, 2.45) is 5.92 Å². The molecule has 136 valence electrons. The monoisotopic (exact) mass is 349 g/mol. The number of rotatable bonds is 3. The molecule has 4 heteroatoms. The molecular formula is C22H27N3O. The van der Waals surface area contributed by atoms with Crippen LogP contribution in [0.25, 0.3) is 0 Å². The molecule has 3 saturated heterocycles. The van der Waals surface area contributed by atoms with E-state index in [1.165, 1.54) is 12.8 Å². The fraction of sp³-hybridized carbons (Fsp3) is 0.455. The molecule has 2 aromatic rings. The number of hydrogen-bond acceptors (Lipinski definition) is 3. The highest BCUT2D eigenvalue weighted by molar-refractivity contribution is 5.96. The van der Waals surface area contributed by atoms with Crippen molar-refractivity contribution < 1.29 is 4.79 Å². The summed E-state index contributed by atoms with van der Waals surface area (Å²) in [4.78, 5) is 22.3. The summed E-state index contributed by atoms with van der Waals surface area (Å²) in [6.07, 6.45) is 4.26. The van der Waals surface area contributed by atoms with Gasteiger partial charge in [-0.25, -0.2) is 0 Å². The Hall–Kier alpha value is -2.20. The number of aryl methyl sites for hydroxylation is 2. The Morgan fingerprint density at radius 2 is 2.00 bits per heavy atom. The Morgan fingerprint density at radius 3 is 2.81 bits per heavy atom. The Kier molecular flexibility index (Phi) is 4.77. The maximum atomic E-state index is 13.2. The topological polar surface area (TPSA) is 36.4 Å². The molecule has 3 fully saturated rings. The second kappa shape index (κ2) is 7.20. The average Bonchev–Trinajstić information content (AvgIpc) is 2.96. The van der Waals surface area contributed by atoms with Crippen LogP contribution in [0, 0.1) is 19.8 Å². The lowest BCUT2D eigenvalue weighted by Gasteiger charge is -2.35. The van der Waals surface area contributed by atoms with E-state index in [-0.39, 0.29) is 5.91 Å². The lowest BCUT2D eigenvalue weighted by Crippen LogP contribution is -2.44. The van der Waals surface area contributed by atoms with Gasteiger partial charge in [-0.3, -0.25) is 14.7 Å². The van der Waals surface area contributed by atoms with Crippen molar-refractivity contribution in [2.45, 2.75) is 39.3 Å². The summed E-state index contributed by atoms with van der Waals surface area (Å²) in [5.74, 6) is 0.759. The molecule has 4 nitrogen and oxygen atoms in total. The smallest absolute Gasteiger partial charge is 0.254 e. The highest BCUT2D eigenvalue weighted by Crippen LogP contribution is 2.30. The van der Waals surface area contributed by atoms with Gasteiger partial charge in [0.2, 0.25) is 0 Å². The van der Waals surface area contributed by atoms with Crippen LogP contribution in [0.1, 0.15) is 40.0 Å². The minimum atomic E-state index is 0.197. The van der Waals surface area contributed by atoms with E-state index in [4.69, 9.17) is 0 Å². The third kappa shape index (κ3) is 3.51. The van der Waals surface area contributed by atoms with Crippen LogP contribution in [0.2, 0.25) is 0 Å². The van der Waals surface area contributed by atoms with E-state index in [0.717, 1.165) is 48.6 Å². The minimum Gasteiger partial charge on any atom is -0.337 e. The molecule has 0 N–H and O–H groups in total. The summed E-state index contributed by atoms with van der Waals surface area (Å²) in [6.45, 7) is 7.74. The Bertz CT molecular complexity index is 789. The molecule has 0 spiro atoms. The molecule has 0 radical (unpaired) electrons. The molecule has 3 aliphatic heterocycles. The number of benzene rings is 1. The van der Waals surface area contributed by atoms with E-state index in [2.05, 4.69) is 46.0 Å². The van der Waals surface area contributed by atoms with Gasteiger partial charge in [-0.2, -0.15) is 0 Å². The summed E-state index contributed by atoms with van der Waals surface area (Å²) in [5.41, 5.74) is 4.20. The second-order valence-electron chi connectivity index (χ2n) is 7.88. The van der Waals surface area contributed by atoms with Gasteiger partial charge in [-0.1, -0.05) is 23.8 Å². The van der Waals surface area contributed by atoms with Gasteiger partial charge in [0, 0.05) is 44.0 Å². The van der Waals surface area contributed by atoms with Gasteiger partial charge in [0.25, 0.3) is 5.91 Å². The fourth-order valence-electron chi connectivity index (χ4n) is 4.37. The molecule has 1 aromatic carbocycles. The molecule has 0 unspecified atom stereocenters. The van der Waals surface area contributed by atoms with Crippen molar-refractivity contribution in [2.75, 3.05) is 19.6 Å². The Labute approximate surface area is 155 Å². The molecule has 3 aliphatic rings. The minimum absolute atomic E-state index is 0.197. The van der Waals surface area contributed by atoms with Crippen LogP contribution >= 0.6 is 0 Å². The normalized spacial score (nSPS) is 23.1. The molecule has 2 atom stereocenters. The highest BCUT2D eigenvalue weighted by Gasteiger charge is 2.36. The van der Waals surface area contributed by atoms with Crippen LogP contribution in [0.5, 0.6) is 0 Å². The van der Waals surface area contributed by atoms with Crippen LogP contribution in [0.4, 0.5) is 0 Å². The zero-order valence-electron chi connectivity index (χ0n) is 15.7. The molecule has 0 saturated carbocycles. The average molecular weight is 349 g/mol. The third-order valence-corrected chi connectivity index (χ3v) is 5.83. The SMILES string of the molecule is Cc1ccc(C)c(C(=O)N2C[C@@H]3CC[C@H](C2)N(Cc2ccccn2)C3)c1. The number of carbonyl (C=O) groups is 1. The van der Waals surface area contributed by atoms with Crippen LogP contribution in [-0.4, -0.2) is 46.4 Å². The number of nitrogens with zero attached hydrogens (tertiary/aromatic N) is 3. The Morgan fingerprint density at radius 1 is 1.12 bits per heavy atom. The number of amides is 1. The van der Waals surface area contributed by atoms with E-state index in [1.807, 2.05) is 25.3 Å². The zero-order valence-corrected chi connectivity index (χ0v) is 15.7. The van der Waals surface area contributed by atoms with Crippen molar-refractivity contribution in [3.05, 3.63) is 65.0 Å². The fourth-order valence-corrected chi connectivity index (χ4v) is 4.37. The van der Waals surface area contributed by atoms with Crippen LogP contribution < -0.4 is 0 Å². The zero-order chi connectivity index (χ0) is 18.1. The van der Waals surface area contributed by atoms with Crippen LogP contribution in [0.15, 0.2) is 42.6 Å². The number of hydrogen-bond donors (Lipinski definition) is 0. The van der Waals surface area contributed by atoms with Gasteiger partial charge in [0.05, 0.1) is 5.69 Å². The van der Waals surface area contributed by atoms with E-state index in [1.54, 1.807) is 0 Å². The van der Waals surface area contributed by atoms with E-state index in [9.17, 15) is 4.79 Å². The highest BCUT2D eigenvalue weighted by atomic mass is 16.2. The number of piperidine rings is 1. The van der Waals surface area contributed by atoms with Crippen molar-refractivity contribution in [1.29, 1.82) is 0 Å². The van der Waals surface area contributed by atoms with Crippen LogP contribution in [-0.2, 0) is 6.54 Å². The maximum absolute atomic E-state index is 13.2. The first-order valence-corrected chi connectivity index (χ1v) is 9.60. The second-order valence-corrected chi connectivity index (χ2v) is 7.88. The predicted octanol–water partition coefficient (Wildman–Crippen LogP) is 3.44. The van der Waals surface area contributed by atoms with Crippen LogP contribution in [0.3, 0.4) is 0 Å². The lowest BCUT2D eigenvalue weighted by molar-refractivity contribution is 0.0735. The largest absolute Gasteiger partial charge is 0.337 e. The molecule has 26 heavy (non-hydrogen) atoms. The van der Waals surface area contributed by atoms with Gasteiger partial charge in [0.15, 0.2) is 0 Å². The summed E-state index contributed by atoms with van der Waals surface area (Å²) in [7, 11) is 0. The first-order chi connectivity index (χ1) is 12.6. The van der Waals surface area contributed by atoms with Crippen molar-refractivity contribution in [3.8, 4) is 0 Å². The number of fused-ring (bicyclic) bond motifs is 4. The van der Waals surface area contributed by atoms with Gasteiger partial charge in [-0.05, 0) is 56.4 Å². The van der Waals surface area contributed by atoms with E-state index in [0.29, 0.717) is 12.0 Å². The summed E-state index contributed by atoms with van der Waals surface area (Å²) < 4.78 is 0. The van der Waals surface area contributed by atoms with Gasteiger partial charge < -0.3 is 4.90 Å². The summed E-state index contributed by atoms with van der Waals surface area (Å²) >= 11 is 0. The molecule has 1 aromatic heterocycles. The summed E-state index contributed by atoms with van der Waals surface area (Å²) in [6, 6.07) is 12.7. The summed E-state index contributed by atoms with van der Waals surface area (Å²) in [5, 5.41) is 0. The van der Waals surface area contributed by atoms with Crippen molar-refractivity contribution in [3.63, 3.8) is 0 Å². The quantitative estimate of drug-likeness (QED) is 0.852. The van der Waals surface area contributed by atoms with Crippen molar-refractivity contribution in [1.82, 2.24) is 14.8 Å². The van der Waals surface area contributed by atoms with E-state index >= 15 is 0 Å². The molecular weight excluding hydrogens is 322 g/mol. The third-order valence-electron chi connectivity index (χ3n) is 5.83.